The van der Waals surface area contributed by atoms with E-state index >= 15 is 0 Å². The Balaban J connectivity index is 3.35. The fraction of sp³-hybridized carbons (Fsp3) is 0.500. The van der Waals surface area contributed by atoms with E-state index in [1.165, 1.54) is 6.20 Å². The molecule has 2 nitrogen and oxygen atoms in total. The van der Waals surface area contributed by atoms with Gasteiger partial charge in [-0.1, -0.05) is 6.58 Å². The van der Waals surface area contributed by atoms with Crippen molar-refractivity contribution in [2.75, 3.05) is 13.6 Å². The molecule has 0 aromatic carbocycles. The van der Waals surface area contributed by atoms with Gasteiger partial charge in [-0.3, -0.25) is 0 Å². The summed E-state index contributed by atoms with van der Waals surface area (Å²) in [6, 6.07) is 0. The maximum atomic E-state index is 3.81. The van der Waals surface area contributed by atoms with Crippen LogP contribution in [0.25, 0.3) is 0 Å². The van der Waals surface area contributed by atoms with Gasteiger partial charge in [0.25, 0.3) is 0 Å². The van der Waals surface area contributed by atoms with Crippen molar-refractivity contribution in [2.24, 2.45) is 4.99 Å². The Kier molecular flexibility index (Phi) is 3.94. The molecule has 0 bridgehead atoms. The molecule has 2 heteroatoms. The van der Waals surface area contributed by atoms with Gasteiger partial charge in [0.15, 0.2) is 0 Å². The van der Waals surface area contributed by atoms with Gasteiger partial charge < -0.3 is 4.90 Å². The van der Waals surface area contributed by atoms with Crippen molar-refractivity contribution in [3.63, 3.8) is 0 Å². The summed E-state index contributed by atoms with van der Waals surface area (Å²) in [7, 11) is 1.97. The summed E-state index contributed by atoms with van der Waals surface area (Å²) in [5.41, 5.74) is 0. The molecule has 0 saturated heterocycles. The van der Waals surface area contributed by atoms with Crippen LogP contribution in [0, 0.1) is 0 Å². The molecule has 0 rings (SSSR count). The summed E-state index contributed by atoms with van der Waals surface area (Å²) in [5, 5.41) is 0. The molecule has 0 heterocycles. The Bertz CT molecular complexity index is 86.5. The second-order valence-electron chi connectivity index (χ2n) is 1.52. The molecule has 0 radical (unpaired) electrons. The summed E-state index contributed by atoms with van der Waals surface area (Å²) in [6.45, 7) is 6.49. The maximum Gasteiger partial charge on any atom is 0.0901 e. The van der Waals surface area contributed by atoms with E-state index in [1.54, 1.807) is 6.34 Å². The molecule has 8 heavy (non-hydrogen) atoms. The number of rotatable bonds is 3. The maximum absolute atomic E-state index is 3.81. The van der Waals surface area contributed by atoms with E-state index in [-0.39, 0.29) is 0 Å². The van der Waals surface area contributed by atoms with Crippen molar-refractivity contribution in [2.45, 2.75) is 6.92 Å². The minimum absolute atomic E-state index is 0.983. The van der Waals surface area contributed by atoms with Gasteiger partial charge in [-0.2, -0.15) is 0 Å². The van der Waals surface area contributed by atoms with E-state index in [4.69, 9.17) is 0 Å². The lowest BCUT2D eigenvalue weighted by Gasteiger charge is -2.06. The average Bonchev–Trinajstić information content (AvgIpc) is 1.83. The summed E-state index contributed by atoms with van der Waals surface area (Å²) in [5.74, 6) is 0. The van der Waals surface area contributed by atoms with Gasteiger partial charge in [0.1, 0.15) is 0 Å². The van der Waals surface area contributed by atoms with Crippen molar-refractivity contribution >= 4 is 6.34 Å². The molecule has 0 N–H and O–H groups in total. The lowest BCUT2D eigenvalue weighted by molar-refractivity contribution is 0.552. The highest BCUT2D eigenvalue weighted by molar-refractivity contribution is 5.54. The Morgan fingerprint density at radius 2 is 2.38 bits per heavy atom. The molecular weight excluding hydrogens is 100 g/mol. The topological polar surface area (TPSA) is 15.6 Å². The zero-order valence-corrected chi connectivity index (χ0v) is 5.46. The number of hydrogen-bond acceptors (Lipinski definition) is 1. The van der Waals surface area contributed by atoms with Crippen molar-refractivity contribution in [3.05, 3.63) is 12.8 Å². The van der Waals surface area contributed by atoms with Crippen molar-refractivity contribution in [1.82, 2.24) is 4.90 Å². The van der Waals surface area contributed by atoms with Crippen LogP contribution in [0.3, 0.4) is 0 Å². The summed E-state index contributed by atoms with van der Waals surface area (Å²) < 4.78 is 0. The molecule has 0 aromatic rings. The number of nitrogens with zero attached hydrogens (tertiary/aromatic N) is 2. The Labute approximate surface area is 50.5 Å². The van der Waals surface area contributed by atoms with Crippen LogP contribution in [-0.2, 0) is 0 Å². The van der Waals surface area contributed by atoms with Crippen LogP contribution >= 0.6 is 0 Å². The van der Waals surface area contributed by atoms with Gasteiger partial charge in [-0.05, 0) is 6.92 Å². The van der Waals surface area contributed by atoms with Gasteiger partial charge in [-0.25, -0.2) is 4.99 Å². The van der Waals surface area contributed by atoms with Crippen LogP contribution in [0.1, 0.15) is 6.92 Å². The third-order valence-corrected chi connectivity index (χ3v) is 0.868. The van der Waals surface area contributed by atoms with Gasteiger partial charge >= 0.3 is 0 Å². The SMILES string of the molecule is C=CN=CN(C)CC. The molecule has 0 atom stereocenters. The summed E-state index contributed by atoms with van der Waals surface area (Å²) in [4.78, 5) is 5.78. The number of aliphatic imine (C=N–C) groups is 1. The molecule has 0 saturated carbocycles. The zero-order valence-electron chi connectivity index (χ0n) is 5.46. The highest BCUT2D eigenvalue weighted by atomic mass is 15.1. The molecule has 0 fully saturated rings. The highest BCUT2D eigenvalue weighted by Crippen LogP contribution is 1.73. The second kappa shape index (κ2) is 4.37. The highest BCUT2D eigenvalue weighted by Gasteiger charge is 1.78. The number of hydrogen-bond donors (Lipinski definition) is 0. The normalized spacial score (nSPS) is 9.75. The Morgan fingerprint density at radius 3 is 2.75 bits per heavy atom. The first-order chi connectivity index (χ1) is 3.81. The predicted octanol–water partition coefficient (Wildman–Crippen LogP) is 1.11. The van der Waals surface area contributed by atoms with Crippen LogP contribution in [0.5, 0.6) is 0 Å². The smallest absolute Gasteiger partial charge is 0.0901 e. The molecule has 46 valence electrons. The van der Waals surface area contributed by atoms with Crippen LogP contribution in [0.15, 0.2) is 17.8 Å². The van der Waals surface area contributed by atoms with Crippen LogP contribution in [-0.4, -0.2) is 24.8 Å². The molecule has 0 spiro atoms. The first-order valence-electron chi connectivity index (χ1n) is 2.65. The van der Waals surface area contributed by atoms with Gasteiger partial charge in [0.2, 0.25) is 0 Å². The minimum Gasteiger partial charge on any atom is -0.366 e. The third-order valence-electron chi connectivity index (χ3n) is 0.868. The van der Waals surface area contributed by atoms with E-state index in [1.807, 2.05) is 11.9 Å². The van der Waals surface area contributed by atoms with E-state index in [2.05, 4.69) is 18.5 Å². The predicted molar refractivity (Wildman–Crippen MR) is 37.0 cm³/mol. The lowest BCUT2D eigenvalue weighted by atomic mass is 10.7. The quantitative estimate of drug-likeness (QED) is 0.394. The zero-order chi connectivity index (χ0) is 6.41. The fourth-order valence-corrected chi connectivity index (χ4v) is 0.243. The molecule has 0 unspecified atom stereocenters. The lowest BCUT2D eigenvalue weighted by Crippen LogP contribution is -2.14. The molecule has 0 aliphatic rings. The van der Waals surface area contributed by atoms with E-state index in [9.17, 15) is 0 Å². The molecule has 0 aliphatic heterocycles. The fourth-order valence-electron chi connectivity index (χ4n) is 0.243. The molecule has 0 aromatic heterocycles. The van der Waals surface area contributed by atoms with Crippen molar-refractivity contribution < 1.29 is 0 Å². The molecule has 0 aliphatic carbocycles. The van der Waals surface area contributed by atoms with Crippen molar-refractivity contribution in [1.29, 1.82) is 0 Å². The van der Waals surface area contributed by atoms with Gasteiger partial charge in [0.05, 0.1) is 6.34 Å². The first-order valence-corrected chi connectivity index (χ1v) is 2.65. The van der Waals surface area contributed by atoms with Gasteiger partial charge in [0, 0.05) is 19.8 Å². The van der Waals surface area contributed by atoms with Crippen LogP contribution in [0.2, 0.25) is 0 Å². The summed E-state index contributed by atoms with van der Waals surface area (Å²) >= 11 is 0. The van der Waals surface area contributed by atoms with Crippen LogP contribution < -0.4 is 0 Å². The second-order valence-corrected chi connectivity index (χ2v) is 1.52. The average molecular weight is 112 g/mol. The Morgan fingerprint density at radius 1 is 1.75 bits per heavy atom. The standard InChI is InChI=1S/C6H12N2/c1-4-7-6-8(3)5-2/h4,6H,1,5H2,2-3H3. The molecular formula is C6H12N2. The minimum atomic E-state index is 0.983. The van der Waals surface area contributed by atoms with E-state index < -0.39 is 0 Å². The summed E-state index contributed by atoms with van der Waals surface area (Å²) in [6.07, 6.45) is 3.26. The third kappa shape index (κ3) is 3.40. The van der Waals surface area contributed by atoms with E-state index in [0.29, 0.717) is 0 Å². The monoisotopic (exact) mass is 112 g/mol. The van der Waals surface area contributed by atoms with Crippen LogP contribution in [0.4, 0.5) is 0 Å². The first kappa shape index (κ1) is 7.21. The largest absolute Gasteiger partial charge is 0.366 e. The van der Waals surface area contributed by atoms with Gasteiger partial charge in [-0.15, -0.1) is 0 Å². The van der Waals surface area contributed by atoms with Crippen molar-refractivity contribution in [3.8, 4) is 0 Å². The van der Waals surface area contributed by atoms with E-state index in [0.717, 1.165) is 6.54 Å². The molecule has 0 amide bonds. The Hall–Kier alpha value is -0.790.